The van der Waals surface area contributed by atoms with Gasteiger partial charge >= 0.3 is 0 Å². The molecule has 0 radical (unpaired) electrons. The quantitative estimate of drug-likeness (QED) is 0.779. The zero-order valence-corrected chi connectivity index (χ0v) is 12.0. The van der Waals surface area contributed by atoms with Crippen molar-refractivity contribution in [3.05, 3.63) is 34.4 Å². The number of hydrogen-bond donors (Lipinski definition) is 1. The van der Waals surface area contributed by atoms with Crippen LogP contribution in [0.3, 0.4) is 0 Å². The summed E-state index contributed by atoms with van der Waals surface area (Å²) in [5.74, 6) is 0.144. The lowest BCUT2D eigenvalue weighted by Crippen LogP contribution is -2.24. The van der Waals surface area contributed by atoms with Crippen LogP contribution in [0.5, 0.6) is 0 Å². The number of hydrogen-bond acceptors (Lipinski definition) is 2. The summed E-state index contributed by atoms with van der Waals surface area (Å²) in [6.07, 6.45) is 1.96. The Labute approximate surface area is 111 Å². The van der Waals surface area contributed by atoms with Gasteiger partial charge in [-0.25, -0.2) is 0 Å². The third kappa shape index (κ3) is 4.16. The van der Waals surface area contributed by atoms with Crippen molar-refractivity contribution in [1.29, 1.82) is 5.26 Å². The number of nitriles is 1. The zero-order valence-electron chi connectivity index (χ0n) is 12.0. The molecule has 0 aromatic heterocycles. The van der Waals surface area contributed by atoms with E-state index in [4.69, 9.17) is 5.26 Å². The minimum atomic E-state index is 0.144. The van der Waals surface area contributed by atoms with Crippen LogP contribution in [-0.4, -0.2) is 13.1 Å². The summed E-state index contributed by atoms with van der Waals surface area (Å²) < 4.78 is 0. The Morgan fingerprint density at radius 1 is 1.17 bits per heavy atom. The van der Waals surface area contributed by atoms with Gasteiger partial charge in [0, 0.05) is 6.54 Å². The van der Waals surface area contributed by atoms with E-state index in [1.165, 1.54) is 22.3 Å². The van der Waals surface area contributed by atoms with Gasteiger partial charge in [-0.15, -0.1) is 0 Å². The van der Waals surface area contributed by atoms with Gasteiger partial charge in [-0.05, 0) is 62.4 Å². The third-order valence-corrected chi connectivity index (χ3v) is 3.59. The van der Waals surface area contributed by atoms with Gasteiger partial charge in [-0.1, -0.05) is 19.1 Å². The molecule has 0 spiro atoms. The third-order valence-electron chi connectivity index (χ3n) is 3.59. The van der Waals surface area contributed by atoms with Crippen molar-refractivity contribution in [3.63, 3.8) is 0 Å². The highest BCUT2D eigenvalue weighted by molar-refractivity contribution is 5.36. The fourth-order valence-corrected chi connectivity index (χ4v) is 2.07. The number of nitrogens with one attached hydrogen (secondary N) is 1. The van der Waals surface area contributed by atoms with E-state index in [1.807, 2.05) is 0 Å². The monoisotopic (exact) mass is 244 g/mol. The highest BCUT2D eigenvalue weighted by Gasteiger charge is 2.04. The van der Waals surface area contributed by atoms with Crippen molar-refractivity contribution >= 4 is 0 Å². The number of rotatable bonds is 6. The van der Waals surface area contributed by atoms with Crippen LogP contribution in [0, 0.1) is 38.0 Å². The summed E-state index contributed by atoms with van der Waals surface area (Å²) in [7, 11) is 0. The summed E-state index contributed by atoms with van der Waals surface area (Å²) in [6, 6.07) is 6.86. The topological polar surface area (TPSA) is 35.8 Å². The van der Waals surface area contributed by atoms with Gasteiger partial charge < -0.3 is 5.32 Å². The SMILES string of the molecule is CCC(C#N)CNCCc1cc(C)c(C)cc1C. The van der Waals surface area contributed by atoms with Crippen LogP contribution in [0.15, 0.2) is 12.1 Å². The molecule has 2 nitrogen and oxygen atoms in total. The molecule has 0 aliphatic rings. The van der Waals surface area contributed by atoms with Gasteiger partial charge in [0.1, 0.15) is 0 Å². The summed E-state index contributed by atoms with van der Waals surface area (Å²) in [5, 5.41) is 12.2. The standard InChI is InChI=1S/C16H24N2/c1-5-15(10-17)11-18-7-6-16-9-13(3)12(2)8-14(16)4/h8-9,15,18H,5-7,11H2,1-4H3. The minimum absolute atomic E-state index is 0.144. The minimum Gasteiger partial charge on any atom is -0.315 e. The van der Waals surface area contributed by atoms with Crippen LogP contribution in [0.25, 0.3) is 0 Å². The Hall–Kier alpha value is -1.33. The summed E-state index contributed by atoms with van der Waals surface area (Å²) in [6.45, 7) is 10.3. The van der Waals surface area contributed by atoms with Crippen LogP contribution in [0.4, 0.5) is 0 Å². The van der Waals surface area contributed by atoms with Gasteiger partial charge in [-0.2, -0.15) is 5.26 Å². The average Bonchev–Trinajstić information content (AvgIpc) is 2.35. The van der Waals surface area contributed by atoms with Crippen LogP contribution in [-0.2, 0) is 6.42 Å². The largest absolute Gasteiger partial charge is 0.315 e. The normalized spacial score (nSPS) is 12.2. The van der Waals surface area contributed by atoms with Crippen LogP contribution in [0.1, 0.15) is 35.6 Å². The molecular weight excluding hydrogens is 220 g/mol. The molecule has 98 valence electrons. The fraction of sp³-hybridized carbons (Fsp3) is 0.562. The molecule has 0 saturated carbocycles. The Morgan fingerprint density at radius 3 is 2.44 bits per heavy atom. The Kier molecular flexibility index (Phi) is 5.88. The number of aryl methyl sites for hydroxylation is 3. The van der Waals surface area contributed by atoms with Crippen molar-refractivity contribution in [2.45, 2.75) is 40.5 Å². The first-order valence-electron chi connectivity index (χ1n) is 6.75. The number of benzene rings is 1. The molecule has 1 unspecified atom stereocenters. The predicted molar refractivity (Wildman–Crippen MR) is 76.6 cm³/mol. The van der Waals surface area contributed by atoms with Crippen molar-refractivity contribution < 1.29 is 0 Å². The summed E-state index contributed by atoms with van der Waals surface area (Å²) in [4.78, 5) is 0. The first-order chi connectivity index (χ1) is 8.58. The van der Waals surface area contributed by atoms with Gasteiger partial charge in [0.25, 0.3) is 0 Å². The maximum Gasteiger partial charge on any atom is 0.0669 e. The van der Waals surface area contributed by atoms with Crippen molar-refractivity contribution in [2.24, 2.45) is 5.92 Å². The zero-order chi connectivity index (χ0) is 13.5. The van der Waals surface area contributed by atoms with E-state index in [1.54, 1.807) is 0 Å². The molecule has 0 amide bonds. The molecule has 1 aromatic rings. The number of nitrogens with zero attached hydrogens (tertiary/aromatic N) is 1. The second kappa shape index (κ2) is 7.18. The lowest BCUT2D eigenvalue weighted by Gasteiger charge is -2.11. The molecule has 0 saturated heterocycles. The molecule has 2 heteroatoms. The molecular formula is C16H24N2. The second-order valence-corrected chi connectivity index (χ2v) is 5.05. The lowest BCUT2D eigenvalue weighted by atomic mass is 9.99. The van der Waals surface area contributed by atoms with Crippen LogP contribution in [0.2, 0.25) is 0 Å². The Morgan fingerprint density at radius 2 is 1.83 bits per heavy atom. The Bertz CT molecular complexity index is 429. The summed E-state index contributed by atoms with van der Waals surface area (Å²) >= 11 is 0. The molecule has 0 bridgehead atoms. The molecule has 0 aliphatic carbocycles. The van der Waals surface area contributed by atoms with Gasteiger partial charge in [0.05, 0.1) is 12.0 Å². The highest BCUT2D eigenvalue weighted by atomic mass is 14.8. The molecule has 1 N–H and O–H groups in total. The first kappa shape index (κ1) is 14.7. The maximum atomic E-state index is 8.86. The molecule has 0 aliphatic heterocycles. The lowest BCUT2D eigenvalue weighted by molar-refractivity contribution is 0.554. The van der Waals surface area contributed by atoms with Crippen LogP contribution >= 0.6 is 0 Å². The van der Waals surface area contributed by atoms with E-state index in [-0.39, 0.29) is 5.92 Å². The van der Waals surface area contributed by atoms with E-state index >= 15 is 0 Å². The maximum absolute atomic E-state index is 8.86. The van der Waals surface area contributed by atoms with E-state index in [0.717, 1.165) is 25.9 Å². The molecule has 1 atom stereocenters. The van der Waals surface area contributed by atoms with Crippen molar-refractivity contribution in [2.75, 3.05) is 13.1 Å². The molecule has 1 rings (SSSR count). The van der Waals surface area contributed by atoms with Gasteiger partial charge in [-0.3, -0.25) is 0 Å². The fourth-order valence-electron chi connectivity index (χ4n) is 2.07. The molecule has 18 heavy (non-hydrogen) atoms. The first-order valence-corrected chi connectivity index (χ1v) is 6.75. The highest BCUT2D eigenvalue weighted by Crippen LogP contribution is 2.15. The smallest absolute Gasteiger partial charge is 0.0669 e. The van der Waals surface area contributed by atoms with Gasteiger partial charge in [0.15, 0.2) is 0 Å². The summed E-state index contributed by atoms with van der Waals surface area (Å²) in [5.41, 5.74) is 5.50. The second-order valence-electron chi connectivity index (χ2n) is 5.05. The van der Waals surface area contributed by atoms with Crippen molar-refractivity contribution in [3.8, 4) is 6.07 Å². The molecule has 0 fully saturated rings. The van der Waals surface area contributed by atoms with E-state index in [2.05, 4.69) is 51.2 Å². The molecule has 1 aromatic carbocycles. The van der Waals surface area contributed by atoms with E-state index in [0.29, 0.717) is 0 Å². The average molecular weight is 244 g/mol. The molecule has 0 heterocycles. The van der Waals surface area contributed by atoms with Crippen LogP contribution < -0.4 is 5.32 Å². The van der Waals surface area contributed by atoms with Gasteiger partial charge in [0.2, 0.25) is 0 Å². The predicted octanol–water partition coefficient (Wildman–Crippen LogP) is 3.29. The Balaban J connectivity index is 2.45. The van der Waals surface area contributed by atoms with E-state index in [9.17, 15) is 0 Å². The van der Waals surface area contributed by atoms with E-state index < -0.39 is 0 Å². The van der Waals surface area contributed by atoms with Crippen molar-refractivity contribution in [1.82, 2.24) is 5.32 Å².